The summed E-state index contributed by atoms with van der Waals surface area (Å²) in [6, 6.07) is 4.12. The maximum atomic E-state index is 5.52. The normalized spacial score (nSPS) is 10.9. The first-order chi connectivity index (χ1) is 8.61. The van der Waals surface area contributed by atoms with Crippen molar-refractivity contribution in [1.29, 1.82) is 0 Å². The number of hydrazine groups is 1. The van der Waals surface area contributed by atoms with E-state index in [2.05, 4.69) is 40.7 Å². The first-order valence-electron chi connectivity index (χ1n) is 5.68. The number of anilines is 1. The lowest BCUT2D eigenvalue weighted by Crippen LogP contribution is -2.13. The molecule has 18 heavy (non-hydrogen) atoms. The molecule has 0 aliphatic heterocycles. The molecule has 2 aromatic rings. The van der Waals surface area contributed by atoms with Crippen LogP contribution in [0.1, 0.15) is 31.2 Å². The van der Waals surface area contributed by atoms with Gasteiger partial charge in [0.1, 0.15) is 16.7 Å². The fraction of sp³-hybridized carbons (Fsp3) is 0.333. The summed E-state index contributed by atoms with van der Waals surface area (Å²) in [6.07, 6.45) is 0. The number of nitrogens with two attached hydrogens (primary N) is 1. The summed E-state index contributed by atoms with van der Waals surface area (Å²) in [7, 11) is 0. The average Bonchev–Trinajstić information content (AvgIpc) is 2.84. The van der Waals surface area contributed by atoms with Crippen LogP contribution in [0.15, 0.2) is 26.7 Å². The minimum absolute atomic E-state index is 0.278. The number of thiophene rings is 1. The third kappa shape index (κ3) is 2.82. The molecule has 0 aliphatic carbocycles. The predicted octanol–water partition coefficient (Wildman–Crippen LogP) is 3.41. The van der Waals surface area contributed by atoms with Gasteiger partial charge in [0.25, 0.3) is 0 Å². The van der Waals surface area contributed by atoms with Crippen molar-refractivity contribution in [3.05, 3.63) is 28.9 Å². The summed E-state index contributed by atoms with van der Waals surface area (Å²) >= 11 is 3.36. The molecular formula is C12H16N4S2. The van der Waals surface area contributed by atoms with Crippen molar-refractivity contribution in [1.82, 2.24) is 9.97 Å². The quantitative estimate of drug-likeness (QED) is 0.510. The Labute approximate surface area is 115 Å². The van der Waals surface area contributed by atoms with Crippen LogP contribution < -0.4 is 11.3 Å². The lowest BCUT2D eigenvalue weighted by atomic mass is 10.2. The number of nitrogens with one attached hydrogen (secondary N) is 1. The molecule has 0 aliphatic rings. The van der Waals surface area contributed by atoms with Gasteiger partial charge in [0.15, 0.2) is 0 Å². The zero-order chi connectivity index (χ0) is 13.1. The van der Waals surface area contributed by atoms with E-state index >= 15 is 0 Å². The van der Waals surface area contributed by atoms with Gasteiger partial charge in [-0.05, 0) is 18.4 Å². The highest BCUT2D eigenvalue weighted by molar-refractivity contribution is 8.01. The zero-order valence-electron chi connectivity index (χ0n) is 10.6. The molecular weight excluding hydrogens is 264 g/mol. The molecule has 6 heteroatoms. The van der Waals surface area contributed by atoms with Crippen LogP contribution >= 0.6 is 23.1 Å². The van der Waals surface area contributed by atoms with E-state index in [9.17, 15) is 0 Å². The third-order valence-corrected chi connectivity index (χ3v) is 4.59. The molecule has 0 unspecified atom stereocenters. The van der Waals surface area contributed by atoms with Crippen LogP contribution in [0.2, 0.25) is 0 Å². The van der Waals surface area contributed by atoms with Crippen LogP contribution in [0.5, 0.6) is 0 Å². The molecule has 0 saturated heterocycles. The molecule has 2 rings (SSSR count). The standard InChI is InChI=1S/C12H16N4S2/c1-7(2)10-14-11(16-13)8(3)12(15-10)18-9-5-4-6-17-9/h4-7H,13H2,1-3H3,(H,14,15,16). The van der Waals surface area contributed by atoms with E-state index in [4.69, 9.17) is 5.84 Å². The van der Waals surface area contributed by atoms with Gasteiger partial charge in [0.2, 0.25) is 0 Å². The second kappa shape index (κ2) is 5.69. The minimum atomic E-state index is 0.278. The van der Waals surface area contributed by atoms with Crippen LogP contribution in [-0.4, -0.2) is 9.97 Å². The van der Waals surface area contributed by atoms with Gasteiger partial charge in [0.05, 0.1) is 4.21 Å². The largest absolute Gasteiger partial charge is 0.308 e. The Hall–Kier alpha value is -1.11. The Bertz CT molecular complexity index is 523. The molecule has 0 fully saturated rings. The molecule has 0 saturated carbocycles. The monoisotopic (exact) mass is 280 g/mol. The Morgan fingerprint density at radius 3 is 2.72 bits per heavy atom. The van der Waals surface area contributed by atoms with E-state index in [0.29, 0.717) is 5.82 Å². The van der Waals surface area contributed by atoms with Crippen LogP contribution in [-0.2, 0) is 0 Å². The SMILES string of the molecule is Cc1c(NN)nc(C(C)C)nc1Sc1cccs1. The Kier molecular flexibility index (Phi) is 4.21. The van der Waals surface area contributed by atoms with E-state index < -0.39 is 0 Å². The average molecular weight is 280 g/mol. The van der Waals surface area contributed by atoms with Gasteiger partial charge in [-0.3, -0.25) is 0 Å². The summed E-state index contributed by atoms with van der Waals surface area (Å²) in [5, 5.41) is 3.02. The van der Waals surface area contributed by atoms with Crippen LogP contribution in [0.4, 0.5) is 5.82 Å². The molecule has 0 atom stereocenters. The van der Waals surface area contributed by atoms with Crippen LogP contribution in [0, 0.1) is 6.92 Å². The van der Waals surface area contributed by atoms with Crippen molar-refractivity contribution in [2.75, 3.05) is 5.43 Å². The van der Waals surface area contributed by atoms with Gasteiger partial charge >= 0.3 is 0 Å². The van der Waals surface area contributed by atoms with E-state index in [-0.39, 0.29) is 5.92 Å². The van der Waals surface area contributed by atoms with Gasteiger partial charge < -0.3 is 5.43 Å². The van der Waals surface area contributed by atoms with E-state index in [0.717, 1.165) is 16.4 Å². The van der Waals surface area contributed by atoms with E-state index in [1.54, 1.807) is 23.1 Å². The lowest BCUT2D eigenvalue weighted by Gasteiger charge is -2.12. The minimum Gasteiger partial charge on any atom is -0.308 e. The molecule has 0 amide bonds. The molecule has 0 bridgehead atoms. The van der Waals surface area contributed by atoms with Crippen LogP contribution in [0.3, 0.4) is 0 Å². The first kappa shape index (κ1) is 13.3. The van der Waals surface area contributed by atoms with Crippen molar-refractivity contribution in [2.45, 2.75) is 35.9 Å². The van der Waals surface area contributed by atoms with Crippen LogP contribution in [0.25, 0.3) is 0 Å². The summed E-state index contributed by atoms with van der Waals surface area (Å²) in [5.74, 6) is 7.31. The van der Waals surface area contributed by atoms with Gasteiger partial charge in [-0.25, -0.2) is 15.8 Å². The zero-order valence-corrected chi connectivity index (χ0v) is 12.2. The van der Waals surface area contributed by atoms with Crippen molar-refractivity contribution >= 4 is 28.9 Å². The van der Waals surface area contributed by atoms with Gasteiger partial charge in [-0.1, -0.05) is 31.7 Å². The van der Waals surface area contributed by atoms with E-state index in [1.807, 2.05) is 13.0 Å². The highest BCUT2D eigenvalue weighted by atomic mass is 32.2. The molecule has 2 aromatic heterocycles. The first-order valence-corrected chi connectivity index (χ1v) is 7.38. The molecule has 0 aromatic carbocycles. The topological polar surface area (TPSA) is 63.8 Å². The summed E-state index contributed by atoms with van der Waals surface area (Å²) in [6.45, 7) is 6.13. The molecule has 3 N–H and O–H groups in total. The van der Waals surface area contributed by atoms with Gasteiger partial charge in [0, 0.05) is 11.5 Å². The van der Waals surface area contributed by atoms with Crippen molar-refractivity contribution in [3.8, 4) is 0 Å². The highest BCUT2D eigenvalue weighted by Crippen LogP contribution is 2.34. The van der Waals surface area contributed by atoms with Crippen molar-refractivity contribution in [3.63, 3.8) is 0 Å². The maximum absolute atomic E-state index is 5.52. The number of aromatic nitrogens is 2. The molecule has 0 radical (unpaired) electrons. The fourth-order valence-corrected chi connectivity index (χ4v) is 3.20. The number of nitrogens with zero attached hydrogens (tertiary/aromatic N) is 2. The molecule has 2 heterocycles. The van der Waals surface area contributed by atoms with Gasteiger partial charge in [-0.2, -0.15) is 0 Å². The predicted molar refractivity (Wildman–Crippen MR) is 77.1 cm³/mol. The molecule has 0 spiro atoms. The summed E-state index contributed by atoms with van der Waals surface area (Å²) in [5.41, 5.74) is 3.64. The lowest BCUT2D eigenvalue weighted by molar-refractivity contribution is 0.749. The Balaban J connectivity index is 2.41. The summed E-state index contributed by atoms with van der Waals surface area (Å²) in [4.78, 5) is 9.04. The number of nitrogen functional groups attached to an aromatic ring is 1. The fourth-order valence-electron chi connectivity index (χ4n) is 1.43. The number of hydrogen-bond acceptors (Lipinski definition) is 6. The van der Waals surface area contributed by atoms with Crippen molar-refractivity contribution < 1.29 is 0 Å². The molecule has 4 nitrogen and oxygen atoms in total. The number of hydrogen-bond donors (Lipinski definition) is 2. The van der Waals surface area contributed by atoms with Crippen molar-refractivity contribution in [2.24, 2.45) is 5.84 Å². The smallest absolute Gasteiger partial charge is 0.147 e. The highest BCUT2D eigenvalue weighted by Gasteiger charge is 2.13. The summed E-state index contributed by atoms with van der Waals surface area (Å²) < 4.78 is 1.22. The second-order valence-electron chi connectivity index (χ2n) is 4.19. The Morgan fingerprint density at radius 1 is 1.39 bits per heavy atom. The number of rotatable bonds is 4. The molecule has 96 valence electrons. The third-order valence-electron chi connectivity index (χ3n) is 2.46. The van der Waals surface area contributed by atoms with E-state index in [1.165, 1.54) is 4.21 Å². The van der Waals surface area contributed by atoms with Gasteiger partial charge in [-0.15, -0.1) is 11.3 Å². The second-order valence-corrected chi connectivity index (χ2v) is 6.43. The maximum Gasteiger partial charge on any atom is 0.147 e. The Morgan fingerprint density at radius 2 is 2.17 bits per heavy atom.